The summed E-state index contributed by atoms with van der Waals surface area (Å²) in [5.74, 6) is 0.727. The molecular weight excluding hydrogens is 432 g/mol. The van der Waals surface area contributed by atoms with Crippen LogP contribution < -0.4 is 11.1 Å². The Morgan fingerprint density at radius 2 is 1.94 bits per heavy atom. The molecule has 8 nitrogen and oxygen atoms in total. The number of rotatable bonds is 5. The lowest BCUT2D eigenvalue weighted by Gasteiger charge is -2.10. The number of benzene rings is 2. The Hall–Kier alpha value is -3.56. The van der Waals surface area contributed by atoms with Crippen molar-refractivity contribution in [3.8, 4) is 11.3 Å². The van der Waals surface area contributed by atoms with Crippen molar-refractivity contribution in [2.24, 2.45) is 7.05 Å². The summed E-state index contributed by atoms with van der Waals surface area (Å²) in [6.45, 7) is 0. The highest BCUT2D eigenvalue weighted by atomic mass is 35.5. The fourth-order valence-corrected chi connectivity index (χ4v) is 4.18. The van der Waals surface area contributed by atoms with Crippen molar-refractivity contribution >= 4 is 46.5 Å². The summed E-state index contributed by atoms with van der Waals surface area (Å²) < 4.78 is 3.56. The third-order valence-corrected chi connectivity index (χ3v) is 6.16. The van der Waals surface area contributed by atoms with Gasteiger partial charge in [0.25, 0.3) is 0 Å². The van der Waals surface area contributed by atoms with E-state index >= 15 is 0 Å². The maximum absolute atomic E-state index is 6.58. The lowest BCUT2D eigenvalue weighted by Crippen LogP contribution is -2.01. The fourth-order valence-electron chi connectivity index (χ4n) is 3.08. The molecule has 154 valence electrons. The Bertz CT molecular complexity index is 1380. The molecule has 5 aromatic rings. The number of nitrogens with one attached hydrogen (secondary N) is 1. The summed E-state index contributed by atoms with van der Waals surface area (Å²) in [7, 11) is 1.95. The number of nitrogens with two attached hydrogens (primary N) is 1. The first-order chi connectivity index (χ1) is 15.1. The molecule has 0 radical (unpaired) electrons. The smallest absolute Gasteiger partial charge is 0.240 e. The SMILES string of the molecule is Cn1ccnc1Sc1ccc(-c2cn3nc(N)nc3c(Nc3ccccc3)n2)cc1Cl. The van der Waals surface area contributed by atoms with E-state index in [0.29, 0.717) is 22.2 Å². The summed E-state index contributed by atoms with van der Waals surface area (Å²) >= 11 is 8.09. The number of fused-ring (bicyclic) bond motifs is 1. The van der Waals surface area contributed by atoms with Gasteiger partial charge >= 0.3 is 0 Å². The maximum atomic E-state index is 6.58. The van der Waals surface area contributed by atoms with E-state index in [4.69, 9.17) is 22.3 Å². The molecule has 3 heterocycles. The third kappa shape index (κ3) is 3.92. The predicted octanol–water partition coefficient (Wildman–Crippen LogP) is 4.66. The topological polar surface area (TPSA) is 99.0 Å². The van der Waals surface area contributed by atoms with E-state index in [1.807, 2.05) is 66.3 Å². The molecule has 31 heavy (non-hydrogen) atoms. The maximum Gasteiger partial charge on any atom is 0.240 e. The number of aryl methyl sites for hydroxylation is 1. The molecule has 3 N–H and O–H groups in total. The van der Waals surface area contributed by atoms with Gasteiger partial charge in [0, 0.05) is 35.6 Å². The number of aromatic nitrogens is 6. The summed E-state index contributed by atoms with van der Waals surface area (Å²) in [6, 6.07) is 15.6. The number of nitrogen functional groups attached to an aromatic ring is 1. The van der Waals surface area contributed by atoms with Crippen molar-refractivity contribution in [1.29, 1.82) is 0 Å². The zero-order chi connectivity index (χ0) is 21.4. The van der Waals surface area contributed by atoms with E-state index < -0.39 is 0 Å². The summed E-state index contributed by atoms with van der Waals surface area (Å²) in [4.78, 5) is 14.3. The molecule has 0 amide bonds. The summed E-state index contributed by atoms with van der Waals surface area (Å²) in [6.07, 6.45) is 5.44. The van der Waals surface area contributed by atoms with Crippen LogP contribution in [0.2, 0.25) is 5.02 Å². The van der Waals surface area contributed by atoms with Crippen molar-refractivity contribution in [3.05, 3.63) is 72.1 Å². The van der Waals surface area contributed by atoms with E-state index in [2.05, 4.69) is 20.4 Å². The number of imidazole rings is 1. The second-order valence-electron chi connectivity index (χ2n) is 6.77. The number of halogens is 1. The van der Waals surface area contributed by atoms with Crippen molar-refractivity contribution in [2.45, 2.75) is 10.1 Å². The van der Waals surface area contributed by atoms with E-state index in [1.165, 1.54) is 11.8 Å². The molecular formula is C21H17ClN8S. The Morgan fingerprint density at radius 1 is 1.10 bits per heavy atom. The van der Waals surface area contributed by atoms with E-state index in [9.17, 15) is 0 Å². The molecule has 0 saturated heterocycles. The van der Waals surface area contributed by atoms with Gasteiger partial charge in [-0.25, -0.2) is 14.5 Å². The first-order valence-corrected chi connectivity index (χ1v) is 10.6. The van der Waals surface area contributed by atoms with Crippen LogP contribution in [-0.4, -0.2) is 29.1 Å². The van der Waals surface area contributed by atoms with Crippen LogP contribution in [0.25, 0.3) is 16.9 Å². The van der Waals surface area contributed by atoms with Gasteiger partial charge in [0.1, 0.15) is 0 Å². The number of para-hydroxylation sites is 1. The van der Waals surface area contributed by atoms with Crippen molar-refractivity contribution in [2.75, 3.05) is 11.1 Å². The Morgan fingerprint density at radius 3 is 2.68 bits per heavy atom. The van der Waals surface area contributed by atoms with Gasteiger partial charge in [-0.3, -0.25) is 0 Å². The van der Waals surface area contributed by atoms with Gasteiger partial charge in [-0.1, -0.05) is 47.6 Å². The van der Waals surface area contributed by atoms with Crippen molar-refractivity contribution < 1.29 is 0 Å². The molecule has 0 unspecified atom stereocenters. The van der Waals surface area contributed by atoms with Crippen LogP contribution in [0, 0.1) is 0 Å². The van der Waals surface area contributed by atoms with Gasteiger partial charge in [0.05, 0.1) is 16.9 Å². The second kappa shape index (κ2) is 7.93. The average Bonchev–Trinajstić information content (AvgIpc) is 3.34. The molecule has 3 aromatic heterocycles. The van der Waals surface area contributed by atoms with Crippen LogP contribution in [0.1, 0.15) is 0 Å². The molecule has 5 rings (SSSR count). The van der Waals surface area contributed by atoms with Gasteiger partial charge < -0.3 is 15.6 Å². The first kappa shape index (κ1) is 19.4. The van der Waals surface area contributed by atoms with Gasteiger partial charge in [0.15, 0.2) is 11.0 Å². The lowest BCUT2D eigenvalue weighted by molar-refractivity contribution is 0.790. The molecule has 0 aliphatic carbocycles. The van der Waals surface area contributed by atoms with Crippen LogP contribution in [0.3, 0.4) is 0 Å². The number of hydrogen-bond acceptors (Lipinski definition) is 7. The molecule has 0 aliphatic rings. The van der Waals surface area contributed by atoms with Crippen LogP contribution in [-0.2, 0) is 7.05 Å². The summed E-state index contributed by atoms with van der Waals surface area (Å²) in [5, 5.41) is 9.03. The Balaban J connectivity index is 1.54. The molecule has 10 heteroatoms. The van der Waals surface area contributed by atoms with Gasteiger partial charge in [-0.15, -0.1) is 5.10 Å². The van der Waals surface area contributed by atoms with Crippen molar-refractivity contribution in [1.82, 2.24) is 29.1 Å². The molecule has 0 fully saturated rings. The van der Waals surface area contributed by atoms with Crippen LogP contribution in [0.15, 0.2) is 77.2 Å². The fraction of sp³-hybridized carbons (Fsp3) is 0.0476. The highest BCUT2D eigenvalue weighted by molar-refractivity contribution is 7.99. The van der Waals surface area contributed by atoms with Crippen LogP contribution in [0.4, 0.5) is 17.5 Å². The quantitative estimate of drug-likeness (QED) is 0.403. The third-order valence-electron chi connectivity index (χ3n) is 4.58. The first-order valence-electron chi connectivity index (χ1n) is 9.37. The Kier molecular flexibility index (Phi) is 4.97. The zero-order valence-electron chi connectivity index (χ0n) is 16.4. The van der Waals surface area contributed by atoms with E-state index in [1.54, 1.807) is 16.9 Å². The molecule has 0 saturated carbocycles. The average molecular weight is 449 g/mol. The van der Waals surface area contributed by atoms with Gasteiger partial charge in [-0.05, 0) is 24.3 Å². The minimum absolute atomic E-state index is 0.176. The predicted molar refractivity (Wildman–Crippen MR) is 123 cm³/mol. The number of nitrogens with zero attached hydrogens (tertiary/aromatic N) is 6. The van der Waals surface area contributed by atoms with Gasteiger partial charge in [0.2, 0.25) is 11.6 Å². The van der Waals surface area contributed by atoms with E-state index in [-0.39, 0.29) is 5.95 Å². The number of hydrogen-bond donors (Lipinski definition) is 2. The minimum atomic E-state index is 0.176. The minimum Gasteiger partial charge on any atom is -0.366 e. The summed E-state index contributed by atoms with van der Waals surface area (Å²) in [5.41, 5.74) is 8.79. The Labute approximate surface area is 187 Å². The number of anilines is 3. The lowest BCUT2D eigenvalue weighted by atomic mass is 10.1. The monoisotopic (exact) mass is 448 g/mol. The van der Waals surface area contributed by atoms with Crippen LogP contribution >= 0.6 is 23.4 Å². The zero-order valence-corrected chi connectivity index (χ0v) is 18.0. The molecule has 0 spiro atoms. The standard InChI is InChI=1S/C21H17ClN8S/c1-29-10-9-24-21(29)31-17-8-7-13(11-15(17)22)16-12-30-19(27-20(23)28-30)18(26-16)25-14-5-3-2-4-6-14/h2-12H,1H3,(H2,23,28)(H,25,26). The largest absolute Gasteiger partial charge is 0.366 e. The van der Waals surface area contributed by atoms with Crippen LogP contribution in [0.5, 0.6) is 0 Å². The molecule has 0 atom stereocenters. The molecule has 0 aliphatic heterocycles. The highest BCUT2D eigenvalue weighted by Crippen LogP contribution is 2.35. The molecule has 0 bridgehead atoms. The molecule has 2 aromatic carbocycles. The van der Waals surface area contributed by atoms with Gasteiger partial charge in [-0.2, -0.15) is 4.98 Å². The highest BCUT2D eigenvalue weighted by Gasteiger charge is 2.14. The second-order valence-corrected chi connectivity index (χ2v) is 8.19. The van der Waals surface area contributed by atoms with E-state index in [0.717, 1.165) is 21.3 Å². The normalized spacial score (nSPS) is 11.2. The van der Waals surface area contributed by atoms with Crippen molar-refractivity contribution in [3.63, 3.8) is 0 Å².